The minimum absolute atomic E-state index is 0.229. The van der Waals surface area contributed by atoms with E-state index in [2.05, 4.69) is 5.10 Å². The van der Waals surface area contributed by atoms with Crippen molar-refractivity contribution in [1.29, 1.82) is 0 Å². The van der Waals surface area contributed by atoms with Crippen molar-refractivity contribution in [2.45, 2.75) is 23.0 Å². The van der Waals surface area contributed by atoms with Gasteiger partial charge in [0.25, 0.3) is 5.95 Å². The van der Waals surface area contributed by atoms with Gasteiger partial charge >= 0.3 is 0 Å². The summed E-state index contributed by atoms with van der Waals surface area (Å²) in [7, 11) is -0.0303. The predicted octanol–water partition coefficient (Wildman–Crippen LogP) is 5.16. The van der Waals surface area contributed by atoms with Crippen molar-refractivity contribution in [2.24, 2.45) is 0 Å². The molecule has 0 amide bonds. The van der Waals surface area contributed by atoms with Gasteiger partial charge in [0.1, 0.15) is 0 Å². The average molecular weight is 519 g/mol. The van der Waals surface area contributed by atoms with Crippen molar-refractivity contribution < 1.29 is 17.9 Å². The van der Waals surface area contributed by atoms with Crippen LogP contribution in [0.15, 0.2) is 70.5 Å². The Labute approximate surface area is 212 Å². The minimum atomic E-state index is -3.22. The highest BCUT2D eigenvalue weighted by atomic mass is 32.2. The number of nitrogens with zero attached hydrogens (tertiary/aromatic N) is 4. The lowest BCUT2D eigenvalue weighted by Crippen LogP contribution is -2.06. The molecule has 0 N–H and O–H groups in total. The molecule has 0 atom stereocenters. The first-order valence-electron chi connectivity index (χ1n) is 11.3. The molecule has 1 fully saturated rings. The second-order valence-corrected chi connectivity index (χ2v) is 11.6. The second-order valence-electron chi connectivity index (χ2n) is 8.55. The van der Waals surface area contributed by atoms with Gasteiger partial charge in [0, 0.05) is 34.2 Å². The molecule has 0 spiro atoms. The van der Waals surface area contributed by atoms with E-state index >= 15 is 0 Å². The van der Waals surface area contributed by atoms with E-state index in [1.807, 2.05) is 47.3 Å². The smallest absolute Gasteiger partial charge is 0.251 e. The number of aromatic nitrogens is 4. The van der Waals surface area contributed by atoms with Gasteiger partial charge in [0.2, 0.25) is 0 Å². The first-order valence-corrected chi connectivity index (χ1v) is 13.8. The highest BCUT2D eigenvalue weighted by Gasteiger charge is 2.36. The van der Waals surface area contributed by atoms with E-state index in [4.69, 9.17) is 19.4 Å². The molecule has 0 bridgehead atoms. The van der Waals surface area contributed by atoms with Gasteiger partial charge in [-0.25, -0.2) is 23.1 Å². The molecule has 1 aliphatic rings. The minimum Gasteiger partial charge on any atom is -0.493 e. The monoisotopic (exact) mass is 518 g/mol. The van der Waals surface area contributed by atoms with Gasteiger partial charge in [-0.15, -0.1) is 0 Å². The van der Waals surface area contributed by atoms with Gasteiger partial charge in [-0.05, 0) is 48.1 Å². The van der Waals surface area contributed by atoms with Crippen molar-refractivity contribution in [3.63, 3.8) is 0 Å². The summed E-state index contributed by atoms with van der Waals surface area (Å²) < 4.78 is 37.6. The molecule has 6 rings (SSSR count). The van der Waals surface area contributed by atoms with E-state index in [1.165, 1.54) is 0 Å². The molecule has 8 nitrogen and oxygen atoms in total. The van der Waals surface area contributed by atoms with E-state index in [1.54, 1.807) is 48.6 Å². The lowest BCUT2D eigenvalue weighted by Gasteiger charge is -2.12. The summed E-state index contributed by atoms with van der Waals surface area (Å²) in [4.78, 5) is 9.97. The van der Waals surface area contributed by atoms with Gasteiger partial charge in [-0.1, -0.05) is 12.1 Å². The van der Waals surface area contributed by atoms with Crippen molar-refractivity contribution in [3.8, 4) is 39.8 Å². The van der Waals surface area contributed by atoms with Crippen LogP contribution in [0.5, 0.6) is 11.5 Å². The number of rotatable bonds is 7. The summed E-state index contributed by atoms with van der Waals surface area (Å²) in [5, 5.41) is 9.15. The molecule has 3 heterocycles. The van der Waals surface area contributed by atoms with E-state index in [0.717, 1.165) is 40.6 Å². The Hall–Kier alpha value is -3.76. The Balaban J connectivity index is 1.42. The molecule has 1 saturated carbocycles. The van der Waals surface area contributed by atoms with Crippen LogP contribution in [0.3, 0.4) is 0 Å². The number of benzene rings is 2. The second kappa shape index (κ2) is 8.72. The molecule has 2 aromatic carbocycles. The zero-order chi connectivity index (χ0) is 24.9. The first-order chi connectivity index (χ1) is 17.5. The highest BCUT2D eigenvalue weighted by Crippen LogP contribution is 2.37. The number of methoxy groups -OCH3 is 2. The molecule has 1 aliphatic carbocycles. The zero-order valence-corrected chi connectivity index (χ0v) is 21.2. The van der Waals surface area contributed by atoms with Crippen LogP contribution in [0.25, 0.3) is 39.2 Å². The lowest BCUT2D eigenvalue weighted by molar-refractivity contribution is 0.356. The molecule has 0 unspecified atom stereocenters. The predicted molar refractivity (Wildman–Crippen MR) is 139 cm³/mol. The average Bonchev–Trinajstić information content (AvgIpc) is 3.42. The Morgan fingerprint density at radius 1 is 0.944 bits per heavy atom. The quantitative estimate of drug-likeness (QED) is 0.293. The summed E-state index contributed by atoms with van der Waals surface area (Å²) in [5.74, 6) is 1.59. The molecule has 3 aromatic heterocycles. The first kappa shape index (κ1) is 22.7. The Kier molecular flexibility index (Phi) is 5.50. The standard InChI is InChI=1S/C26H22N4O4S2/c1-33-23-11-21-22(12-24(23)34-2)28-26(29-25(21)17-9-10-35-15-17)30-14-18(13-27-30)16-3-5-19(6-4-16)36(31,32)20-7-8-20/h3-6,9-15,20H,7-8H2,1-2H3. The SMILES string of the molecule is COc1cc2nc(-n3cc(-c4ccc(S(=O)(=O)C5CC5)cc4)cn3)nc(-c3ccsc3)c2cc1OC. The molecule has 5 aromatic rings. The molecule has 10 heteroatoms. The van der Waals surface area contributed by atoms with E-state index < -0.39 is 9.84 Å². The van der Waals surface area contributed by atoms with Crippen molar-refractivity contribution >= 4 is 32.1 Å². The van der Waals surface area contributed by atoms with Crippen LogP contribution in [-0.2, 0) is 9.84 Å². The van der Waals surface area contributed by atoms with Gasteiger partial charge in [-0.3, -0.25) is 0 Å². The summed E-state index contributed by atoms with van der Waals surface area (Å²) in [6, 6.07) is 12.7. The van der Waals surface area contributed by atoms with Crippen LogP contribution >= 0.6 is 11.3 Å². The number of fused-ring (bicyclic) bond motifs is 1. The Bertz CT molecular complexity index is 1670. The normalized spacial score (nSPS) is 13.7. The highest BCUT2D eigenvalue weighted by molar-refractivity contribution is 7.92. The van der Waals surface area contributed by atoms with Crippen LogP contribution in [0, 0.1) is 0 Å². The maximum Gasteiger partial charge on any atom is 0.251 e. The maximum atomic E-state index is 12.5. The van der Waals surface area contributed by atoms with Gasteiger partial charge in [0.15, 0.2) is 21.3 Å². The fraction of sp³-hybridized carbons (Fsp3) is 0.192. The van der Waals surface area contributed by atoms with E-state index in [9.17, 15) is 8.42 Å². The van der Waals surface area contributed by atoms with E-state index in [-0.39, 0.29) is 5.25 Å². The number of thiophene rings is 1. The van der Waals surface area contributed by atoms with E-state index in [0.29, 0.717) is 27.9 Å². The number of hydrogen-bond donors (Lipinski definition) is 0. The molecule has 0 aliphatic heterocycles. The third kappa shape index (κ3) is 3.92. The molecule has 36 heavy (non-hydrogen) atoms. The molecule has 0 radical (unpaired) electrons. The fourth-order valence-corrected chi connectivity index (χ4v) is 6.45. The van der Waals surface area contributed by atoms with Gasteiger partial charge in [-0.2, -0.15) is 16.4 Å². The van der Waals surface area contributed by atoms with Gasteiger partial charge < -0.3 is 9.47 Å². The molecule has 182 valence electrons. The topological polar surface area (TPSA) is 96.2 Å². The summed E-state index contributed by atoms with van der Waals surface area (Å²) in [6.07, 6.45) is 5.05. The Morgan fingerprint density at radius 2 is 1.69 bits per heavy atom. The third-order valence-corrected chi connectivity index (χ3v) is 9.21. The lowest BCUT2D eigenvalue weighted by atomic mass is 10.1. The molecular formula is C26H22N4O4S2. The molecule has 0 saturated heterocycles. The summed E-state index contributed by atoms with van der Waals surface area (Å²) in [6.45, 7) is 0. The van der Waals surface area contributed by atoms with Crippen LogP contribution in [0.2, 0.25) is 0 Å². The van der Waals surface area contributed by atoms with Crippen molar-refractivity contribution in [1.82, 2.24) is 19.7 Å². The summed E-state index contributed by atoms with van der Waals surface area (Å²) in [5.41, 5.74) is 4.13. The zero-order valence-electron chi connectivity index (χ0n) is 19.6. The number of hydrogen-bond acceptors (Lipinski definition) is 8. The number of ether oxygens (including phenoxy) is 2. The van der Waals surface area contributed by atoms with Crippen molar-refractivity contribution in [2.75, 3.05) is 14.2 Å². The molecular weight excluding hydrogens is 496 g/mol. The van der Waals surface area contributed by atoms with Crippen LogP contribution in [0.4, 0.5) is 0 Å². The fourth-order valence-electron chi connectivity index (χ4n) is 4.15. The number of sulfone groups is 1. The van der Waals surface area contributed by atoms with Crippen molar-refractivity contribution in [3.05, 3.63) is 65.6 Å². The third-order valence-electron chi connectivity index (χ3n) is 6.25. The Morgan fingerprint density at radius 3 is 2.36 bits per heavy atom. The van der Waals surface area contributed by atoms with Crippen LogP contribution in [-0.4, -0.2) is 47.6 Å². The maximum absolute atomic E-state index is 12.5. The van der Waals surface area contributed by atoms with Crippen LogP contribution < -0.4 is 9.47 Å². The largest absolute Gasteiger partial charge is 0.493 e. The van der Waals surface area contributed by atoms with Gasteiger partial charge in [0.05, 0.1) is 41.8 Å². The van der Waals surface area contributed by atoms with Crippen LogP contribution in [0.1, 0.15) is 12.8 Å². The summed E-state index contributed by atoms with van der Waals surface area (Å²) >= 11 is 1.59.